The molecule has 2 aromatic carbocycles. The van der Waals surface area contributed by atoms with Crippen molar-refractivity contribution in [2.75, 3.05) is 17.1 Å². The SMILES string of the molecule is CC(NC(=O)CN(c1ccc(F)c(F)c1)S(C)(=O)=O)c1ccccc1. The normalized spacial score (nSPS) is 12.5. The van der Waals surface area contributed by atoms with E-state index in [1.54, 1.807) is 6.92 Å². The fourth-order valence-electron chi connectivity index (χ4n) is 2.28. The molecule has 0 heterocycles. The first-order valence-electron chi connectivity index (χ1n) is 7.45. The van der Waals surface area contributed by atoms with Crippen LogP contribution >= 0.6 is 0 Å². The summed E-state index contributed by atoms with van der Waals surface area (Å²) in [7, 11) is -3.86. The molecule has 2 rings (SSSR count). The molecule has 0 aliphatic rings. The van der Waals surface area contributed by atoms with Gasteiger partial charge < -0.3 is 5.32 Å². The summed E-state index contributed by atoms with van der Waals surface area (Å²) in [6.45, 7) is 1.22. The minimum Gasteiger partial charge on any atom is -0.348 e. The highest BCUT2D eigenvalue weighted by atomic mass is 32.2. The van der Waals surface area contributed by atoms with Crippen LogP contribution in [-0.4, -0.2) is 27.1 Å². The van der Waals surface area contributed by atoms with Crippen LogP contribution in [0.25, 0.3) is 0 Å². The molecular formula is C17H18F2N2O3S. The number of hydrogen-bond acceptors (Lipinski definition) is 3. The van der Waals surface area contributed by atoms with Crippen molar-refractivity contribution in [3.63, 3.8) is 0 Å². The van der Waals surface area contributed by atoms with E-state index in [0.717, 1.165) is 34.3 Å². The van der Waals surface area contributed by atoms with E-state index in [1.165, 1.54) is 0 Å². The van der Waals surface area contributed by atoms with Gasteiger partial charge in [0.2, 0.25) is 15.9 Å². The van der Waals surface area contributed by atoms with Crippen LogP contribution in [0.4, 0.5) is 14.5 Å². The van der Waals surface area contributed by atoms with Crippen molar-refractivity contribution in [3.8, 4) is 0 Å². The number of rotatable bonds is 6. The number of sulfonamides is 1. The van der Waals surface area contributed by atoms with E-state index in [1.807, 2.05) is 30.3 Å². The van der Waals surface area contributed by atoms with Crippen molar-refractivity contribution in [1.29, 1.82) is 0 Å². The number of carbonyl (C=O) groups excluding carboxylic acids is 1. The Kier molecular flexibility index (Phi) is 5.73. The lowest BCUT2D eigenvalue weighted by Gasteiger charge is -2.23. The van der Waals surface area contributed by atoms with Crippen LogP contribution < -0.4 is 9.62 Å². The molecule has 0 bridgehead atoms. The van der Waals surface area contributed by atoms with Gasteiger partial charge in [-0.25, -0.2) is 17.2 Å². The van der Waals surface area contributed by atoms with Gasteiger partial charge in [0.15, 0.2) is 11.6 Å². The molecule has 8 heteroatoms. The average molecular weight is 368 g/mol. The first-order chi connectivity index (χ1) is 11.7. The van der Waals surface area contributed by atoms with Gasteiger partial charge in [-0.05, 0) is 24.6 Å². The van der Waals surface area contributed by atoms with Gasteiger partial charge in [-0.1, -0.05) is 30.3 Å². The van der Waals surface area contributed by atoms with Gasteiger partial charge in [0, 0.05) is 6.07 Å². The van der Waals surface area contributed by atoms with Crippen LogP contribution in [0.2, 0.25) is 0 Å². The maximum absolute atomic E-state index is 13.4. The second-order valence-electron chi connectivity index (χ2n) is 5.57. The number of amides is 1. The molecular weight excluding hydrogens is 350 g/mol. The van der Waals surface area contributed by atoms with Crippen molar-refractivity contribution in [3.05, 3.63) is 65.7 Å². The van der Waals surface area contributed by atoms with Crippen LogP contribution in [0.15, 0.2) is 48.5 Å². The van der Waals surface area contributed by atoms with Gasteiger partial charge in [-0.3, -0.25) is 9.10 Å². The average Bonchev–Trinajstić information content (AvgIpc) is 2.55. The highest BCUT2D eigenvalue weighted by molar-refractivity contribution is 7.92. The summed E-state index contributed by atoms with van der Waals surface area (Å²) < 4.78 is 51.1. The third-order valence-corrected chi connectivity index (χ3v) is 4.70. The predicted molar refractivity (Wildman–Crippen MR) is 91.5 cm³/mol. The molecule has 1 amide bonds. The number of nitrogens with zero attached hydrogens (tertiary/aromatic N) is 1. The van der Waals surface area contributed by atoms with Crippen molar-refractivity contribution < 1.29 is 22.0 Å². The molecule has 0 aromatic heterocycles. The second-order valence-corrected chi connectivity index (χ2v) is 7.47. The molecule has 1 unspecified atom stereocenters. The summed E-state index contributed by atoms with van der Waals surface area (Å²) >= 11 is 0. The molecule has 25 heavy (non-hydrogen) atoms. The van der Waals surface area contributed by atoms with E-state index in [0.29, 0.717) is 0 Å². The highest BCUT2D eigenvalue weighted by Crippen LogP contribution is 2.20. The monoisotopic (exact) mass is 368 g/mol. The van der Waals surface area contributed by atoms with Crippen LogP contribution in [0, 0.1) is 11.6 Å². The molecule has 2 aromatic rings. The van der Waals surface area contributed by atoms with E-state index in [9.17, 15) is 22.0 Å². The lowest BCUT2D eigenvalue weighted by atomic mass is 10.1. The summed E-state index contributed by atoms with van der Waals surface area (Å²) in [6.07, 6.45) is 0.891. The van der Waals surface area contributed by atoms with Crippen LogP contribution in [-0.2, 0) is 14.8 Å². The largest absolute Gasteiger partial charge is 0.348 e. The molecule has 0 spiro atoms. The third kappa shape index (κ3) is 4.99. The molecule has 1 atom stereocenters. The summed E-state index contributed by atoms with van der Waals surface area (Å²) in [6, 6.07) is 11.5. The van der Waals surface area contributed by atoms with E-state index in [4.69, 9.17) is 0 Å². The lowest BCUT2D eigenvalue weighted by molar-refractivity contribution is -0.120. The number of nitrogens with one attached hydrogen (secondary N) is 1. The van der Waals surface area contributed by atoms with Gasteiger partial charge in [0.1, 0.15) is 6.54 Å². The Morgan fingerprint density at radius 3 is 2.32 bits per heavy atom. The summed E-state index contributed by atoms with van der Waals surface area (Å²) in [4.78, 5) is 12.2. The topological polar surface area (TPSA) is 66.5 Å². The van der Waals surface area contributed by atoms with E-state index < -0.39 is 34.1 Å². The number of benzene rings is 2. The number of anilines is 1. The summed E-state index contributed by atoms with van der Waals surface area (Å²) in [5.74, 6) is -2.85. The van der Waals surface area contributed by atoms with E-state index in [-0.39, 0.29) is 11.7 Å². The molecule has 0 radical (unpaired) electrons. The van der Waals surface area contributed by atoms with Crippen LogP contribution in [0.3, 0.4) is 0 Å². The fourth-order valence-corrected chi connectivity index (χ4v) is 3.13. The smallest absolute Gasteiger partial charge is 0.241 e. The Labute approximate surface area is 145 Å². The molecule has 1 N–H and O–H groups in total. The predicted octanol–water partition coefficient (Wildman–Crippen LogP) is 2.61. The molecule has 0 fully saturated rings. The Morgan fingerprint density at radius 1 is 1.12 bits per heavy atom. The maximum Gasteiger partial charge on any atom is 0.241 e. The zero-order valence-corrected chi connectivity index (χ0v) is 14.6. The molecule has 134 valence electrons. The Hall–Kier alpha value is -2.48. The maximum atomic E-state index is 13.4. The van der Waals surface area contributed by atoms with Crippen molar-refractivity contribution in [2.45, 2.75) is 13.0 Å². The van der Waals surface area contributed by atoms with Crippen molar-refractivity contribution >= 4 is 21.6 Å². The summed E-state index contributed by atoms with van der Waals surface area (Å²) in [5, 5.41) is 2.68. The number of hydrogen-bond donors (Lipinski definition) is 1. The minimum atomic E-state index is -3.86. The quantitative estimate of drug-likeness (QED) is 0.852. The van der Waals surface area contributed by atoms with Gasteiger partial charge in [0.25, 0.3) is 0 Å². The van der Waals surface area contributed by atoms with Crippen LogP contribution in [0.1, 0.15) is 18.5 Å². The lowest BCUT2D eigenvalue weighted by Crippen LogP contribution is -2.41. The molecule has 5 nitrogen and oxygen atoms in total. The number of carbonyl (C=O) groups is 1. The van der Waals surface area contributed by atoms with Gasteiger partial charge in [0.05, 0.1) is 18.0 Å². The molecule has 0 aliphatic heterocycles. The zero-order valence-electron chi connectivity index (χ0n) is 13.7. The van der Waals surface area contributed by atoms with Gasteiger partial charge in [-0.15, -0.1) is 0 Å². The van der Waals surface area contributed by atoms with Crippen molar-refractivity contribution in [2.24, 2.45) is 0 Å². The zero-order chi connectivity index (χ0) is 18.6. The second kappa shape index (κ2) is 7.60. The van der Waals surface area contributed by atoms with Gasteiger partial charge in [-0.2, -0.15) is 0 Å². The minimum absolute atomic E-state index is 0.121. The first-order valence-corrected chi connectivity index (χ1v) is 9.30. The Bertz CT molecular complexity index is 857. The fraction of sp³-hybridized carbons (Fsp3) is 0.235. The highest BCUT2D eigenvalue weighted by Gasteiger charge is 2.23. The third-order valence-electron chi connectivity index (χ3n) is 3.56. The molecule has 0 aliphatic carbocycles. The summed E-state index contributed by atoms with van der Waals surface area (Å²) in [5.41, 5.74) is 0.735. The molecule has 0 saturated carbocycles. The first kappa shape index (κ1) is 18.9. The molecule has 0 saturated heterocycles. The standard InChI is InChI=1S/C17H18F2N2O3S/c1-12(13-6-4-3-5-7-13)20-17(22)11-21(25(2,23)24)14-8-9-15(18)16(19)10-14/h3-10,12H,11H2,1-2H3,(H,20,22). The Balaban J connectivity index is 2.17. The number of halogens is 2. The van der Waals surface area contributed by atoms with E-state index >= 15 is 0 Å². The van der Waals surface area contributed by atoms with E-state index in [2.05, 4.69) is 5.32 Å². The van der Waals surface area contributed by atoms with Crippen molar-refractivity contribution in [1.82, 2.24) is 5.32 Å². The Morgan fingerprint density at radius 2 is 1.76 bits per heavy atom. The van der Waals surface area contributed by atoms with Gasteiger partial charge >= 0.3 is 0 Å². The van der Waals surface area contributed by atoms with Crippen LogP contribution in [0.5, 0.6) is 0 Å².